The van der Waals surface area contributed by atoms with E-state index in [4.69, 9.17) is 10.2 Å². The number of carbonyl (C=O) groups is 1. The van der Waals surface area contributed by atoms with Crippen LogP contribution in [0, 0.1) is 0 Å². The van der Waals surface area contributed by atoms with Gasteiger partial charge in [-0.15, -0.1) is 0 Å². The lowest BCUT2D eigenvalue weighted by Gasteiger charge is -2.24. The smallest absolute Gasteiger partial charge is 0.230 e. The number of hydrogen-bond acceptors (Lipinski definition) is 3. The molecule has 1 aromatic carbocycles. The fraction of sp³-hybridized carbons (Fsp3) is 0.312. The lowest BCUT2D eigenvalue weighted by molar-refractivity contribution is -0.133. The molecule has 0 saturated carbocycles. The quantitative estimate of drug-likeness (QED) is 0.851. The van der Waals surface area contributed by atoms with Gasteiger partial charge in [0.15, 0.2) is 0 Å². The molecule has 0 aliphatic rings. The van der Waals surface area contributed by atoms with Crippen LogP contribution in [-0.2, 0) is 11.3 Å². The van der Waals surface area contributed by atoms with Crippen molar-refractivity contribution in [1.82, 2.24) is 4.90 Å². The van der Waals surface area contributed by atoms with Crippen molar-refractivity contribution in [2.24, 2.45) is 0 Å². The normalized spacial score (nSPS) is 12.1. The van der Waals surface area contributed by atoms with Gasteiger partial charge in [-0.3, -0.25) is 4.79 Å². The van der Waals surface area contributed by atoms with Gasteiger partial charge in [-0.25, -0.2) is 0 Å². The van der Waals surface area contributed by atoms with Gasteiger partial charge in [-0.1, -0.05) is 12.1 Å². The van der Waals surface area contributed by atoms with E-state index in [9.17, 15) is 4.79 Å². The molecule has 1 heterocycles. The number of nitrogens with zero attached hydrogens (tertiary/aromatic N) is 1. The molecule has 4 nitrogen and oxygen atoms in total. The largest absolute Gasteiger partial charge is 0.467 e. The second kappa shape index (κ2) is 6.28. The summed E-state index contributed by atoms with van der Waals surface area (Å²) in [5, 5.41) is 0. The summed E-state index contributed by atoms with van der Waals surface area (Å²) in [5.41, 5.74) is 7.39. The van der Waals surface area contributed by atoms with Gasteiger partial charge >= 0.3 is 0 Å². The van der Waals surface area contributed by atoms with Gasteiger partial charge in [0, 0.05) is 12.2 Å². The molecule has 1 aromatic heterocycles. The molecule has 4 heteroatoms. The zero-order valence-electron chi connectivity index (χ0n) is 11.9. The fourth-order valence-corrected chi connectivity index (χ4v) is 2.18. The summed E-state index contributed by atoms with van der Waals surface area (Å²) in [6, 6.07) is 11.2. The Labute approximate surface area is 119 Å². The minimum absolute atomic E-state index is 0.0782. The van der Waals surface area contributed by atoms with E-state index in [1.807, 2.05) is 50.2 Å². The summed E-state index contributed by atoms with van der Waals surface area (Å²) < 4.78 is 5.31. The lowest BCUT2D eigenvalue weighted by Crippen LogP contribution is -2.33. The van der Waals surface area contributed by atoms with Crippen molar-refractivity contribution in [3.05, 3.63) is 54.0 Å². The highest BCUT2D eigenvalue weighted by Crippen LogP contribution is 2.21. The average Bonchev–Trinajstić information content (AvgIpc) is 2.96. The Morgan fingerprint density at radius 3 is 2.75 bits per heavy atom. The highest BCUT2D eigenvalue weighted by Gasteiger charge is 2.21. The lowest BCUT2D eigenvalue weighted by atomic mass is 9.99. The van der Waals surface area contributed by atoms with Gasteiger partial charge in [0.1, 0.15) is 5.76 Å². The van der Waals surface area contributed by atoms with Crippen LogP contribution in [0.3, 0.4) is 0 Å². The van der Waals surface area contributed by atoms with Crippen LogP contribution in [0.1, 0.15) is 31.1 Å². The van der Waals surface area contributed by atoms with Crippen LogP contribution in [0.4, 0.5) is 5.69 Å². The first-order valence-corrected chi connectivity index (χ1v) is 6.78. The summed E-state index contributed by atoms with van der Waals surface area (Å²) >= 11 is 0. The number of amides is 1. The molecule has 0 fully saturated rings. The average molecular weight is 272 g/mol. The van der Waals surface area contributed by atoms with Crippen LogP contribution in [0.25, 0.3) is 0 Å². The van der Waals surface area contributed by atoms with Gasteiger partial charge in [-0.05, 0) is 43.7 Å². The van der Waals surface area contributed by atoms with Crippen molar-refractivity contribution in [3.8, 4) is 0 Å². The second-order valence-corrected chi connectivity index (χ2v) is 4.82. The highest BCUT2D eigenvalue weighted by molar-refractivity contribution is 5.83. The van der Waals surface area contributed by atoms with Crippen LogP contribution in [-0.4, -0.2) is 17.4 Å². The van der Waals surface area contributed by atoms with Gasteiger partial charge < -0.3 is 15.1 Å². The predicted octanol–water partition coefficient (Wildman–Crippen LogP) is 3.01. The maximum atomic E-state index is 12.6. The van der Waals surface area contributed by atoms with Gasteiger partial charge in [0.25, 0.3) is 0 Å². The van der Waals surface area contributed by atoms with E-state index in [1.54, 1.807) is 11.2 Å². The number of rotatable bonds is 5. The zero-order chi connectivity index (χ0) is 14.5. The van der Waals surface area contributed by atoms with Crippen molar-refractivity contribution >= 4 is 11.6 Å². The molecular weight excluding hydrogens is 252 g/mol. The van der Waals surface area contributed by atoms with E-state index in [0.717, 1.165) is 11.3 Å². The molecule has 2 N–H and O–H groups in total. The topological polar surface area (TPSA) is 59.5 Å². The third-order valence-corrected chi connectivity index (χ3v) is 3.40. The van der Waals surface area contributed by atoms with Crippen molar-refractivity contribution < 1.29 is 9.21 Å². The molecule has 1 unspecified atom stereocenters. The van der Waals surface area contributed by atoms with Crippen molar-refractivity contribution in [2.75, 3.05) is 12.3 Å². The van der Waals surface area contributed by atoms with Crippen molar-refractivity contribution in [2.45, 2.75) is 26.3 Å². The summed E-state index contributed by atoms with van der Waals surface area (Å²) in [6.45, 7) is 5.01. The molecule has 0 aliphatic heterocycles. The van der Waals surface area contributed by atoms with Gasteiger partial charge in [-0.2, -0.15) is 0 Å². The van der Waals surface area contributed by atoms with E-state index in [-0.39, 0.29) is 11.8 Å². The van der Waals surface area contributed by atoms with Gasteiger partial charge in [0.2, 0.25) is 5.91 Å². The molecule has 0 radical (unpaired) electrons. The molecule has 0 spiro atoms. The third-order valence-electron chi connectivity index (χ3n) is 3.40. The molecule has 0 aliphatic carbocycles. The summed E-state index contributed by atoms with van der Waals surface area (Å²) in [6.07, 6.45) is 1.62. The summed E-state index contributed by atoms with van der Waals surface area (Å²) in [5.74, 6) is 0.655. The maximum Gasteiger partial charge on any atom is 0.230 e. The van der Waals surface area contributed by atoms with E-state index >= 15 is 0 Å². The third kappa shape index (κ3) is 3.20. The second-order valence-electron chi connectivity index (χ2n) is 4.82. The minimum atomic E-state index is -0.214. The Bertz CT molecular complexity index is 564. The van der Waals surface area contributed by atoms with E-state index < -0.39 is 0 Å². The van der Waals surface area contributed by atoms with Gasteiger partial charge in [0.05, 0.1) is 18.7 Å². The molecule has 0 bridgehead atoms. The van der Waals surface area contributed by atoms with Crippen LogP contribution < -0.4 is 5.73 Å². The zero-order valence-corrected chi connectivity index (χ0v) is 11.9. The number of carbonyl (C=O) groups excluding carboxylic acids is 1. The van der Waals surface area contributed by atoms with E-state index in [0.29, 0.717) is 18.8 Å². The number of nitrogens with two attached hydrogens (primary N) is 1. The standard InChI is InChI=1S/C16H20N2O2/c1-3-18(11-15-8-5-9-20-15)16(19)12(2)13-6-4-7-14(17)10-13/h4-10,12H,3,11,17H2,1-2H3. The first-order valence-electron chi connectivity index (χ1n) is 6.78. The maximum absolute atomic E-state index is 12.6. The highest BCUT2D eigenvalue weighted by atomic mass is 16.3. The molecule has 2 rings (SSSR count). The molecule has 1 atom stereocenters. The number of benzene rings is 1. The van der Waals surface area contributed by atoms with E-state index in [1.165, 1.54) is 0 Å². The Balaban J connectivity index is 2.11. The molecule has 1 amide bonds. The van der Waals surface area contributed by atoms with Crippen LogP contribution in [0.2, 0.25) is 0 Å². The number of hydrogen-bond donors (Lipinski definition) is 1. The Kier molecular flexibility index (Phi) is 4.45. The van der Waals surface area contributed by atoms with Crippen LogP contribution in [0.15, 0.2) is 47.1 Å². The number of furan rings is 1. The first-order chi connectivity index (χ1) is 9.61. The molecular formula is C16H20N2O2. The predicted molar refractivity (Wildman–Crippen MR) is 79.1 cm³/mol. The Hall–Kier alpha value is -2.23. The Morgan fingerprint density at radius 1 is 1.35 bits per heavy atom. The Morgan fingerprint density at radius 2 is 2.15 bits per heavy atom. The SMILES string of the molecule is CCN(Cc1ccco1)C(=O)C(C)c1cccc(N)c1. The summed E-state index contributed by atoms with van der Waals surface area (Å²) in [7, 11) is 0. The minimum Gasteiger partial charge on any atom is -0.467 e. The molecule has 106 valence electrons. The van der Waals surface area contributed by atoms with Crippen LogP contribution in [0.5, 0.6) is 0 Å². The molecule has 20 heavy (non-hydrogen) atoms. The molecule has 2 aromatic rings. The number of nitrogen functional groups attached to an aromatic ring is 1. The number of likely N-dealkylation sites (N-methyl/N-ethyl adjacent to an activating group) is 1. The fourth-order valence-electron chi connectivity index (χ4n) is 2.18. The number of anilines is 1. The van der Waals surface area contributed by atoms with Crippen molar-refractivity contribution in [3.63, 3.8) is 0 Å². The van der Waals surface area contributed by atoms with Crippen LogP contribution >= 0.6 is 0 Å². The first kappa shape index (κ1) is 14.2. The monoisotopic (exact) mass is 272 g/mol. The van der Waals surface area contributed by atoms with Crippen molar-refractivity contribution in [1.29, 1.82) is 0 Å². The summed E-state index contributed by atoms with van der Waals surface area (Å²) in [4.78, 5) is 14.3. The van der Waals surface area contributed by atoms with E-state index in [2.05, 4.69) is 0 Å². The molecule has 0 saturated heterocycles.